The van der Waals surface area contributed by atoms with Gasteiger partial charge in [-0.2, -0.15) is 18.3 Å². The summed E-state index contributed by atoms with van der Waals surface area (Å²) in [5.41, 5.74) is 4.65. The van der Waals surface area contributed by atoms with Crippen LogP contribution in [0.15, 0.2) is 91.0 Å². The van der Waals surface area contributed by atoms with Crippen molar-refractivity contribution < 1.29 is 18.0 Å². The highest BCUT2D eigenvalue weighted by atomic mass is 19.4. The van der Waals surface area contributed by atoms with Gasteiger partial charge in [0, 0.05) is 56.5 Å². The molecule has 1 fully saturated rings. The number of pyridine rings is 1. The number of amides is 1. The maximum atomic E-state index is 13.3. The van der Waals surface area contributed by atoms with Crippen LogP contribution in [-0.2, 0) is 29.4 Å². The summed E-state index contributed by atoms with van der Waals surface area (Å²) in [5.74, 6) is 0.624. The first-order valence-corrected chi connectivity index (χ1v) is 15.7. The zero-order chi connectivity index (χ0) is 32.5. The Balaban J connectivity index is 1.13. The Morgan fingerprint density at radius 1 is 0.804 bits per heavy atom. The molecule has 3 aromatic carbocycles. The molecule has 1 saturated heterocycles. The van der Waals surface area contributed by atoms with Crippen LogP contribution in [-0.4, -0.2) is 56.7 Å². The topological polar surface area (TPSA) is 54.3 Å². The number of piperazine rings is 1. The summed E-state index contributed by atoms with van der Waals surface area (Å²) in [6.07, 6.45) is -3.72. The summed E-state index contributed by atoms with van der Waals surface area (Å²) in [4.78, 5) is 22.3. The number of aryl methyl sites for hydroxylation is 1. The molecule has 0 atom stereocenters. The van der Waals surface area contributed by atoms with Crippen LogP contribution in [0.3, 0.4) is 0 Å². The molecule has 1 aliphatic heterocycles. The smallest absolute Gasteiger partial charge is 0.340 e. The van der Waals surface area contributed by atoms with Gasteiger partial charge in [0.05, 0.1) is 22.5 Å². The van der Waals surface area contributed by atoms with Crippen LogP contribution in [0.1, 0.15) is 49.6 Å². The van der Waals surface area contributed by atoms with E-state index in [-0.39, 0.29) is 11.3 Å². The fourth-order valence-corrected chi connectivity index (χ4v) is 5.85. The molecule has 5 aromatic rings. The highest BCUT2D eigenvalue weighted by molar-refractivity contribution is 5.79. The highest BCUT2D eigenvalue weighted by Crippen LogP contribution is 2.32. The highest BCUT2D eigenvalue weighted by Gasteiger charge is 2.30. The third-order valence-corrected chi connectivity index (χ3v) is 8.61. The molecule has 46 heavy (non-hydrogen) atoms. The fourth-order valence-electron chi connectivity index (χ4n) is 5.85. The van der Waals surface area contributed by atoms with Crippen LogP contribution in [0, 0.1) is 0 Å². The van der Waals surface area contributed by atoms with E-state index in [0.717, 1.165) is 42.7 Å². The number of hydrogen-bond donors (Lipinski definition) is 0. The molecule has 0 saturated carbocycles. The zero-order valence-electron chi connectivity index (χ0n) is 26.4. The van der Waals surface area contributed by atoms with Crippen LogP contribution in [0.5, 0.6) is 0 Å². The lowest BCUT2D eigenvalue weighted by Crippen LogP contribution is -2.48. The molecular formula is C37H38F3N5O. The Morgan fingerprint density at radius 3 is 2.15 bits per heavy atom. The van der Waals surface area contributed by atoms with Crippen LogP contribution in [0.4, 0.5) is 13.2 Å². The maximum absolute atomic E-state index is 13.3. The number of nitrogens with zero attached hydrogens (tertiary/aromatic N) is 5. The van der Waals surface area contributed by atoms with Crippen molar-refractivity contribution in [2.75, 3.05) is 26.2 Å². The van der Waals surface area contributed by atoms with E-state index in [4.69, 9.17) is 10.1 Å². The number of rotatable bonds is 7. The van der Waals surface area contributed by atoms with Crippen LogP contribution in [0.25, 0.3) is 28.0 Å². The molecule has 1 aliphatic rings. The lowest BCUT2D eigenvalue weighted by Gasteiger charge is -2.35. The summed E-state index contributed by atoms with van der Waals surface area (Å²) in [7, 11) is 0. The van der Waals surface area contributed by atoms with Crippen LogP contribution in [0.2, 0.25) is 0 Å². The lowest BCUT2D eigenvalue weighted by molar-refractivity contribution is -0.137. The number of aromatic nitrogens is 3. The van der Waals surface area contributed by atoms with E-state index in [9.17, 15) is 18.0 Å². The minimum absolute atomic E-state index is 0.0728. The van der Waals surface area contributed by atoms with E-state index in [2.05, 4.69) is 49.9 Å². The number of fused-ring (bicyclic) bond motifs is 1. The standard InChI is InChI=1S/C37H38F3N5O/c1-36(2,3)29-13-8-26(9-14-29)25-43-20-22-44(23-21-43)35(46)19-17-31-24-33(28-10-15-30(16-11-28)37(38,39)40)45(42-31)34-18-12-27-6-4-5-7-32(27)41-34/h4-16,18,24H,17,19-23,25H2,1-3H3. The number of hydrogen-bond acceptors (Lipinski definition) is 4. The quantitative estimate of drug-likeness (QED) is 0.186. The number of carbonyl (C=O) groups is 1. The maximum Gasteiger partial charge on any atom is 0.416 e. The van der Waals surface area contributed by atoms with Crippen molar-refractivity contribution in [2.24, 2.45) is 0 Å². The predicted octanol–water partition coefficient (Wildman–Crippen LogP) is 7.68. The second-order valence-electron chi connectivity index (χ2n) is 13.0. The van der Waals surface area contributed by atoms with Gasteiger partial charge < -0.3 is 4.90 Å². The minimum atomic E-state index is -4.42. The Kier molecular flexibility index (Phi) is 8.70. The van der Waals surface area contributed by atoms with Crippen LogP contribution < -0.4 is 0 Å². The number of alkyl halides is 3. The van der Waals surface area contributed by atoms with Gasteiger partial charge in [-0.3, -0.25) is 9.69 Å². The Morgan fingerprint density at radius 2 is 1.48 bits per heavy atom. The predicted molar refractivity (Wildman–Crippen MR) is 175 cm³/mol. The first kappa shape index (κ1) is 31.5. The van der Waals surface area contributed by atoms with E-state index in [1.165, 1.54) is 23.3 Å². The van der Waals surface area contributed by atoms with Crippen molar-refractivity contribution in [1.29, 1.82) is 0 Å². The minimum Gasteiger partial charge on any atom is -0.340 e. The summed E-state index contributed by atoms with van der Waals surface area (Å²) in [5, 5.41) is 5.76. The Hall–Kier alpha value is -4.50. The third-order valence-electron chi connectivity index (χ3n) is 8.61. The number of para-hydroxylation sites is 1. The van der Waals surface area contributed by atoms with Crippen molar-refractivity contribution in [3.63, 3.8) is 0 Å². The number of halogens is 3. The summed E-state index contributed by atoms with van der Waals surface area (Å²) in [6, 6.07) is 27.2. The van der Waals surface area contributed by atoms with Crippen molar-refractivity contribution in [1.82, 2.24) is 24.6 Å². The van der Waals surface area contributed by atoms with E-state index in [1.54, 1.807) is 4.68 Å². The molecule has 2 aromatic heterocycles. The van der Waals surface area contributed by atoms with E-state index >= 15 is 0 Å². The number of carbonyl (C=O) groups excluding carboxylic acids is 1. The second kappa shape index (κ2) is 12.7. The molecule has 6 nitrogen and oxygen atoms in total. The van der Waals surface area contributed by atoms with Crippen molar-refractivity contribution >= 4 is 16.8 Å². The van der Waals surface area contributed by atoms with Gasteiger partial charge in [0.15, 0.2) is 5.82 Å². The average molecular weight is 626 g/mol. The van der Waals surface area contributed by atoms with Crippen LogP contribution >= 0.6 is 0 Å². The van der Waals surface area contributed by atoms with Crippen molar-refractivity contribution in [2.45, 2.75) is 51.7 Å². The molecule has 0 unspecified atom stereocenters. The van der Waals surface area contributed by atoms with E-state index in [0.29, 0.717) is 48.7 Å². The third kappa shape index (κ3) is 7.15. The van der Waals surface area contributed by atoms with Gasteiger partial charge >= 0.3 is 6.18 Å². The van der Waals surface area contributed by atoms with Crippen molar-refractivity contribution in [3.8, 4) is 17.1 Å². The van der Waals surface area contributed by atoms with Gasteiger partial charge in [0.2, 0.25) is 5.91 Å². The van der Waals surface area contributed by atoms with E-state index in [1.807, 2.05) is 47.4 Å². The van der Waals surface area contributed by atoms with Crippen molar-refractivity contribution in [3.05, 3.63) is 113 Å². The van der Waals surface area contributed by atoms with Gasteiger partial charge in [0.25, 0.3) is 0 Å². The molecule has 9 heteroatoms. The van der Waals surface area contributed by atoms with E-state index < -0.39 is 11.7 Å². The Labute approximate surface area is 267 Å². The van der Waals surface area contributed by atoms with Gasteiger partial charge in [-0.05, 0) is 52.9 Å². The molecule has 0 spiro atoms. The lowest BCUT2D eigenvalue weighted by atomic mass is 9.87. The molecule has 6 rings (SSSR count). The fraction of sp³-hybridized carbons (Fsp3) is 0.324. The Bertz CT molecular complexity index is 1810. The number of benzene rings is 3. The van der Waals surface area contributed by atoms with Gasteiger partial charge in [-0.15, -0.1) is 0 Å². The molecule has 238 valence electrons. The molecule has 0 aliphatic carbocycles. The average Bonchev–Trinajstić information content (AvgIpc) is 3.48. The molecule has 3 heterocycles. The monoisotopic (exact) mass is 625 g/mol. The molecule has 0 bridgehead atoms. The molecular weight excluding hydrogens is 587 g/mol. The first-order chi connectivity index (χ1) is 21.9. The molecule has 0 N–H and O–H groups in total. The largest absolute Gasteiger partial charge is 0.416 e. The van der Waals surface area contributed by atoms with Gasteiger partial charge in [0.1, 0.15) is 0 Å². The summed E-state index contributed by atoms with van der Waals surface area (Å²) >= 11 is 0. The summed E-state index contributed by atoms with van der Waals surface area (Å²) in [6.45, 7) is 10.5. The zero-order valence-corrected chi connectivity index (χ0v) is 26.4. The SMILES string of the molecule is CC(C)(C)c1ccc(CN2CCN(C(=O)CCc3cc(-c4ccc(C(F)(F)F)cc4)n(-c4ccc5ccccc5n4)n3)CC2)cc1. The molecule has 0 radical (unpaired) electrons. The van der Waals surface area contributed by atoms with Gasteiger partial charge in [-0.25, -0.2) is 9.67 Å². The van der Waals surface area contributed by atoms with Gasteiger partial charge in [-0.1, -0.05) is 75.4 Å². The molecule has 1 amide bonds. The second-order valence-corrected chi connectivity index (χ2v) is 13.0. The normalized spacial score (nSPS) is 14.6. The first-order valence-electron chi connectivity index (χ1n) is 15.7. The summed E-state index contributed by atoms with van der Waals surface area (Å²) < 4.78 is 41.4.